The van der Waals surface area contributed by atoms with Gasteiger partial charge in [0.1, 0.15) is 5.76 Å². The number of nitrogens with zero attached hydrogens (tertiary/aromatic N) is 2. The van der Waals surface area contributed by atoms with Gasteiger partial charge < -0.3 is 10.2 Å². The normalized spacial score (nSPS) is 21.5. The second-order valence-corrected chi connectivity index (χ2v) is 7.25. The Morgan fingerprint density at radius 3 is 2.85 bits per heavy atom. The van der Waals surface area contributed by atoms with E-state index in [9.17, 15) is 8.42 Å². The summed E-state index contributed by atoms with van der Waals surface area (Å²) in [6.07, 6.45) is 4.36. The van der Waals surface area contributed by atoms with Gasteiger partial charge in [-0.2, -0.15) is 17.0 Å². The van der Waals surface area contributed by atoms with Crippen LogP contribution in [0.15, 0.2) is 16.7 Å². The van der Waals surface area contributed by atoms with E-state index in [1.807, 2.05) is 6.92 Å². The first kappa shape index (κ1) is 15.5. The number of rotatable bonds is 5. The Hall–Kier alpha value is -0.890. The smallest absolute Gasteiger partial charge is 0.282 e. The lowest BCUT2D eigenvalue weighted by atomic mass is 10.1. The molecule has 1 saturated heterocycles. The van der Waals surface area contributed by atoms with E-state index < -0.39 is 10.2 Å². The Morgan fingerprint density at radius 1 is 1.50 bits per heavy atom. The lowest BCUT2D eigenvalue weighted by Gasteiger charge is -2.36. The van der Waals surface area contributed by atoms with Crippen molar-refractivity contribution in [3.05, 3.63) is 23.7 Å². The highest BCUT2D eigenvalue weighted by molar-refractivity contribution is 7.86. The molecule has 2 heterocycles. The maximum absolute atomic E-state index is 12.7. The van der Waals surface area contributed by atoms with Gasteiger partial charge in [0.2, 0.25) is 0 Å². The Labute approximate surface area is 120 Å². The second-order valence-electron chi connectivity index (χ2n) is 5.26. The standard InChI is InChI=1S/C13H23N3O3S/c1-11-12(6-8-19-11)10-15(2)20(17,18)16-7-4-3-5-13(16)9-14/h6,8,13H,3-5,7,9-10,14H2,1-2H3. The summed E-state index contributed by atoms with van der Waals surface area (Å²) in [5, 5.41) is 0. The highest BCUT2D eigenvalue weighted by Gasteiger charge is 2.34. The van der Waals surface area contributed by atoms with Gasteiger partial charge in [-0.3, -0.25) is 0 Å². The Morgan fingerprint density at radius 2 is 2.25 bits per heavy atom. The van der Waals surface area contributed by atoms with Crippen molar-refractivity contribution in [1.29, 1.82) is 0 Å². The first-order chi connectivity index (χ1) is 9.46. The van der Waals surface area contributed by atoms with Crippen LogP contribution in [0.1, 0.15) is 30.6 Å². The minimum absolute atomic E-state index is 0.0818. The Kier molecular flexibility index (Phi) is 4.85. The molecule has 0 saturated carbocycles. The molecule has 20 heavy (non-hydrogen) atoms. The fraction of sp³-hybridized carbons (Fsp3) is 0.692. The fourth-order valence-corrected chi connectivity index (χ4v) is 4.18. The molecule has 6 nitrogen and oxygen atoms in total. The largest absolute Gasteiger partial charge is 0.469 e. The molecule has 0 aliphatic carbocycles. The molecular formula is C13H23N3O3S. The predicted molar refractivity (Wildman–Crippen MR) is 77.2 cm³/mol. The van der Waals surface area contributed by atoms with E-state index in [0.29, 0.717) is 19.6 Å². The van der Waals surface area contributed by atoms with Gasteiger partial charge in [0.15, 0.2) is 0 Å². The van der Waals surface area contributed by atoms with Gasteiger partial charge in [0.05, 0.1) is 6.26 Å². The summed E-state index contributed by atoms with van der Waals surface area (Å²) in [6, 6.07) is 1.72. The van der Waals surface area contributed by atoms with Gasteiger partial charge in [0.25, 0.3) is 10.2 Å². The van der Waals surface area contributed by atoms with Crippen LogP contribution >= 0.6 is 0 Å². The lowest BCUT2D eigenvalue weighted by molar-refractivity contribution is 0.239. The number of hydrogen-bond donors (Lipinski definition) is 1. The Bertz CT molecular complexity index is 541. The third-order valence-electron chi connectivity index (χ3n) is 3.89. The Balaban J connectivity index is 2.14. The topological polar surface area (TPSA) is 79.8 Å². The summed E-state index contributed by atoms with van der Waals surface area (Å²) in [7, 11) is -1.87. The van der Waals surface area contributed by atoms with Gasteiger partial charge in [-0.15, -0.1) is 0 Å². The third-order valence-corrected chi connectivity index (χ3v) is 5.88. The van der Waals surface area contributed by atoms with Crippen molar-refractivity contribution >= 4 is 10.2 Å². The van der Waals surface area contributed by atoms with E-state index in [4.69, 9.17) is 10.2 Å². The molecule has 114 valence electrons. The van der Waals surface area contributed by atoms with Gasteiger partial charge in [-0.25, -0.2) is 0 Å². The molecule has 0 radical (unpaired) electrons. The summed E-state index contributed by atoms with van der Waals surface area (Å²) >= 11 is 0. The quantitative estimate of drug-likeness (QED) is 0.882. The number of nitrogens with two attached hydrogens (primary N) is 1. The molecule has 1 aromatic rings. The van der Waals surface area contributed by atoms with Crippen molar-refractivity contribution in [2.75, 3.05) is 20.1 Å². The molecule has 1 fully saturated rings. The van der Waals surface area contributed by atoms with E-state index in [0.717, 1.165) is 30.6 Å². The SMILES string of the molecule is Cc1occc1CN(C)S(=O)(=O)N1CCCCC1CN. The summed E-state index contributed by atoms with van der Waals surface area (Å²) in [5.41, 5.74) is 6.60. The molecule has 2 rings (SSSR count). The van der Waals surface area contributed by atoms with Crippen LogP contribution in [0.25, 0.3) is 0 Å². The molecule has 1 unspecified atom stereocenters. The third kappa shape index (κ3) is 3.06. The lowest BCUT2D eigenvalue weighted by Crippen LogP contribution is -2.51. The van der Waals surface area contributed by atoms with E-state index in [-0.39, 0.29) is 6.04 Å². The van der Waals surface area contributed by atoms with Crippen LogP contribution < -0.4 is 5.73 Å². The summed E-state index contributed by atoms with van der Waals surface area (Å²) in [4.78, 5) is 0. The van der Waals surface area contributed by atoms with Crippen molar-refractivity contribution < 1.29 is 12.8 Å². The van der Waals surface area contributed by atoms with E-state index >= 15 is 0 Å². The molecule has 0 spiro atoms. The van der Waals surface area contributed by atoms with Crippen molar-refractivity contribution in [3.8, 4) is 0 Å². The number of furan rings is 1. The highest BCUT2D eigenvalue weighted by Crippen LogP contribution is 2.23. The predicted octanol–water partition coefficient (Wildman–Crippen LogP) is 1.08. The van der Waals surface area contributed by atoms with Gasteiger partial charge in [0, 0.05) is 38.3 Å². The van der Waals surface area contributed by atoms with Crippen LogP contribution in [-0.4, -0.2) is 43.2 Å². The van der Waals surface area contributed by atoms with Crippen molar-refractivity contribution in [2.24, 2.45) is 5.73 Å². The first-order valence-electron chi connectivity index (χ1n) is 6.93. The molecule has 1 atom stereocenters. The zero-order valence-corrected chi connectivity index (χ0v) is 12.9. The molecule has 1 aromatic heterocycles. The number of hydrogen-bond acceptors (Lipinski definition) is 4. The molecular weight excluding hydrogens is 278 g/mol. The maximum atomic E-state index is 12.7. The highest BCUT2D eigenvalue weighted by atomic mass is 32.2. The average molecular weight is 301 g/mol. The molecule has 0 aromatic carbocycles. The minimum Gasteiger partial charge on any atom is -0.469 e. The minimum atomic E-state index is -3.47. The molecule has 1 aliphatic rings. The maximum Gasteiger partial charge on any atom is 0.282 e. The van der Waals surface area contributed by atoms with Crippen LogP contribution in [0, 0.1) is 6.92 Å². The molecule has 0 amide bonds. The van der Waals surface area contributed by atoms with Crippen molar-refractivity contribution in [2.45, 2.75) is 38.8 Å². The molecule has 2 N–H and O–H groups in total. The fourth-order valence-electron chi connectivity index (χ4n) is 2.59. The van der Waals surface area contributed by atoms with Gasteiger partial charge >= 0.3 is 0 Å². The van der Waals surface area contributed by atoms with Crippen LogP contribution in [0.3, 0.4) is 0 Å². The molecule has 7 heteroatoms. The summed E-state index contributed by atoms with van der Waals surface area (Å²) in [5.74, 6) is 0.751. The zero-order valence-electron chi connectivity index (χ0n) is 12.1. The summed E-state index contributed by atoms with van der Waals surface area (Å²) < 4.78 is 33.4. The number of aryl methyl sites for hydroxylation is 1. The average Bonchev–Trinajstić information content (AvgIpc) is 2.84. The second kappa shape index (κ2) is 6.26. The first-order valence-corrected chi connectivity index (χ1v) is 8.32. The molecule has 0 bridgehead atoms. The van der Waals surface area contributed by atoms with Crippen LogP contribution in [-0.2, 0) is 16.8 Å². The van der Waals surface area contributed by atoms with Gasteiger partial charge in [-0.05, 0) is 25.8 Å². The van der Waals surface area contributed by atoms with E-state index in [2.05, 4.69) is 0 Å². The molecule has 1 aliphatic heterocycles. The zero-order chi connectivity index (χ0) is 14.8. The van der Waals surface area contributed by atoms with Crippen LogP contribution in [0.4, 0.5) is 0 Å². The van der Waals surface area contributed by atoms with Crippen LogP contribution in [0.2, 0.25) is 0 Å². The summed E-state index contributed by atoms with van der Waals surface area (Å²) in [6.45, 7) is 3.08. The van der Waals surface area contributed by atoms with Crippen molar-refractivity contribution in [3.63, 3.8) is 0 Å². The van der Waals surface area contributed by atoms with Gasteiger partial charge in [-0.1, -0.05) is 6.42 Å². The van der Waals surface area contributed by atoms with Crippen LogP contribution in [0.5, 0.6) is 0 Å². The monoisotopic (exact) mass is 301 g/mol. The van der Waals surface area contributed by atoms with Crippen molar-refractivity contribution in [1.82, 2.24) is 8.61 Å². The van der Waals surface area contributed by atoms with E-state index in [1.165, 1.54) is 4.31 Å². The number of piperidine rings is 1. The van der Waals surface area contributed by atoms with E-state index in [1.54, 1.807) is 23.7 Å².